The Kier molecular flexibility index (Phi) is 5.59. The Balaban J connectivity index is 1.75. The molecule has 0 aliphatic heterocycles. The van der Waals surface area contributed by atoms with Gasteiger partial charge in [0.2, 0.25) is 0 Å². The lowest BCUT2D eigenvalue weighted by molar-refractivity contribution is 0.628. The van der Waals surface area contributed by atoms with E-state index in [0.717, 1.165) is 16.7 Å². The molecule has 3 heterocycles. The second-order valence-electron chi connectivity index (χ2n) is 8.27. The van der Waals surface area contributed by atoms with E-state index in [0.29, 0.717) is 21.9 Å². The van der Waals surface area contributed by atoms with E-state index in [-0.39, 0.29) is 17.8 Å². The van der Waals surface area contributed by atoms with Crippen molar-refractivity contribution in [2.45, 2.75) is 6.54 Å². The summed E-state index contributed by atoms with van der Waals surface area (Å²) >= 11 is 0. The number of aryl methyl sites for hydroxylation is 2. The molecule has 172 valence electrons. The smallest absolute Gasteiger partial charge is 0.259 e. The van der Waals surface area contributed by atoms with Crippen LogP contribution in [0.5, 0.6) is 0 Å². The van der Waals surface area contributed by atoms with Gasteiger partial charge < -0.3 is 0 Å². The number of fused-ring (bicyclic) bond motifs is 1. The molecule has 8 heteroatoms. The van der Waals surface area contributed by atoms with Crippen molar-refractivity contribution in [3.63, 3.8) is 0 Å². The monoisotopic (exact) mass is 464 g/mol. The molecule has 0 unspecified atom stereocenters. The first kappa shape index (κ1) is 22.0. The van der Waals surface area contributed by atoms with Crippen LogP contribution >= 0.6 is 0 Å². The molecule has 0 bridgehead atoms. The van der Waals surface area contributed by atoms with Crippen molar-refractivity contribution in [1.29, 1.82) is 5.26 Å². The lowest BCUT2D eigenvalue weighted by atomic mass is 9.94. The van der Waals surface area contributed by atoms with Crippen molar-refractivity contribution < 1.29 is 4.39 Å². The molecule has 0 atom stereocenters. The van der Waals surface area contributed by atoms with Crippen molar-refractivity contribution in [3.8, 4) is 28.3 Å². The van der Waals surface area contributed by atoms with E-state index >= 15 is 0 Å². The number of nitrogens with zero attached hydrogens (tertiary/aromatic N) is 6. The van der Waals surface area contributed by atoms with Crippen LogP contribution in [0.15, 0.2) is 78.1 Å². The maximum absolute atomic E-state index is 14.2. The number of hydrogen-bond donors (Lipinski definition) is 0. The predicted octanol–water partition coefficient (Wildman–Crippen LogP) is 4.53. The molecule has 0 radical (unpaired) electrons. The highest BCUT2D eigenvalue weighted by molar-refractivity contribution is 6.00. The lowest BCUT2D eigenvalue weighted by Gasteiger charge is -2.16. The van der Waals surface area contributed by atoms with Crippen molar-refractivity contribution in [1.82, 2.24) is 24.1 Å². The minimum absolute atomic E-state index is 0.173. The number of hydrogen-bond acceptors (Lipinski definition) is 4. The lowest BCUT2D eigenvalue weighted by Crippen LogP contribution is -2.23. The summed E-state index contributed by atoms with van der Waals surface area (Å²) in [6.45, 7) is 0.180. The average Bonchev–Trinajstić information content (AvgIpc) is 3.47. The first-order chi connectivity index (χ1) is 16.9. The van der Waals surface area contributed by atoms with Gasteiger partial charge in [-0.05, 0) is 40.8 Å². The normalized spacial score (nSPS) is 11.4. The number of aromatic nitrogens is 5. The molecule has 0 amide bonds. The van der Waals surface area contributed by atoms with Gasteiger partial charge in [-0.25, -0.2) is 4.39 Å². The van der Waals surface area contributed by atoms with Crippen LogP contribution in [0.4, 0.5) is 4.39 Å². The van der Waals surface area contributed by atoms with Crippen LogP contribution in [0, 0.1) is 17.1 Å². The van der Waals surface area contributed by atoms with Crippen LogP contribution in [0.3, 0.4) is 0 Å². The first-order valence-corrected chi connectivity index (χ1v) is 11.0. The fraction of sp³-hybridized carbons (Fsp3) is 0.111. The van der Waals surface area contributed by atoms with Gasteiger partial charge in [-0.1, -0.05) is 30.4 Å². The molecule has 35 heavy (non-hydrogen) atoms. The van der Waals surface area contributed by atoms with Crippen LogP contribution in [0.2, 0.25) is 0 Å². The van der Waals surface area contributed by atoms with E-state index in [2.05, 4.69) is 16.3 Å². The molecule has 0 saturated carbocycles. The van der Waals surface area contributed by atoms with E-state index in [1.165, 1.54) is 16.7 Å². The highest BCUT2D eigenvalue weighted by Crippen LogP contribution is 2.33. The zero-order valence-corrected chi connectivity index (χ0v) is 19.2. The van der Waals surface area contributed by atoms with Crippen LogP contribution in [-0.4, -0.2) is 24.1 Å². The molecule has 3 aromatic heterocycles. The molecule has 0 aliphatic rings. The molecule has 0 fully saturated rings. The minimum atomic E-state index is -0.419. The zero-order valence-electron chi connectivity index (χ0n) is 19.2. The molecule has 0 spiro atoms. The molecular weight excluding hydrogens is 443 g/mol. The van der Waals surface area contributed by atoms with Crippen molar-refractivity contribution in [2.24, 2.45) is 14.1 Å². The zero-order chi connectivity index (χ0) is 24.5. The molecule has 2 aromatic carbocycles. The molecule has 5 aromatic rings. The van der Waals surface area contributed by atoms with E-state index < -0.39 is 5.82 Å². The molecule has 0 aliphatic carbocycles. The summed E-state index contributed by atoms with van der Waals surface area (Å²) in [6.07, 6.45) is 10.8. The molecule has 0 saturated heterocycles. The minimum Gasteiger partial charge on any atom is -0.295 e. The quantitative estimate of drug-likeness (QED) is 0.383. The number of halogens is 1. The molecule has 7 nitrogen and oxygen atoms in total. The van der Waals surface area contributed by atoms with Crippen LogP contribution in [0.1, 0.15) is 11.3 Å². The summed E-state index contributed by atoms with van der Waals surface area (Å²) in [7, 11) is 3.65. The van der Waals surface area contributed by atoms with Gasteiger partial charge in [0.05, 0.1) is 12.4 Å². The van der Waals surface area contributed by atoms with Crippen molar-refractivity contribution >= 4 is 16.8 Å². The van der Waals surface area contributed by atoms with Gasteiger partial charge in [0.15, 0.2) is 0 Å². The highest BCUT2D eigenvalue weighted by atomic mass is 19.1. The first-order valence-electron chi connectivity index (χ1n) is 11.0. The average molecular weight is 465 g/mol. The van der Waals surface area contributed by atoms with Gasteiger partial charge in [0, 0.05) is 55.1 Å². The van der Waals surface area contributed by atoms with Crippen LogP contribution in [-0.2, 0) is 20.6 Å². The van der Waals surface area contributed by atoms with Gasteiger partial charge >= 0.3 is 0 Å². The number of benzene rings is 2. The number of pyridine rings is 1. The summed E-state index contributed by atoms with van der Waals surface area (Å²) in [5, 5.41) is 19.6. The third-order valence-electron chi connectivity index (χ3n) is 5.85. The van der Waals surface area contributed by atoms with Gasteiger partial charge in [-0.2, -0.15) is 15.5 Å². The van der Waals surface area contributed by atoms with E-state index in [9.17, 15) is 14.4 Å². The molecule has 5 rings (SSSR count). The van der Waals surface area contributed by atoms with Gasteiger partial charge in [-0.15, -0.1) is 0 Å². The fourth-order valence-corrected chi connectivity index (χ4v) is 4.24. The summed E-state index contributed by atoms with van der Waals surface area (Å²) in [5.41, 5.74) is 3.54. The summed E-state index contributed by atoms with van der Waals surface area (Å²) in [5.74, 6) is -0.419. The van der Waals surface area contributed by atoms with Crippen molar-refractivity contribution in [3.05, 3.63) is 101 Å². The topological polar surface area (TPSA) is 81.4 Å². The number of nitriles is 1. The van der Waals surface area contributed by atoms with Gasteiger partial charge in [0.1, 0.15) is 17.6 Å². The van der Waals surface area contributed by atoms with E-state index in [1.54, 1.807) is 40.0 Å². The Morgan fingerprint density at radius 1 is 0.971 bits per heavy atom. The summed E-state index contributed by atoms with van der Waals surface area (Å²) in [4.78, 5) is 13.5. The SMILES string of the molecule is Cn1cc(C=CCn2c(C#N)c(-c3cccc(F)c3)c3cc(-c4cnn(C)c4)ccc3c2=O)cn1. The third-order valence-corrected chi connectivity index (χ3v) is 5.85. The Morgan fingerprint density at radius 3 is 2.46 bits per heavy atom. The highest BCUT2D eigenvalue weighted by Gasteiger charge is 2.19. The largest absolute Gasteiger partial charge is 0.295 e. The van der Waals surface area contributed by atoms with Crippen LogP contribution in [0.25, 0.3) is 39.1 Å². The standard InChI is InChI=1S/C27H21FN6O/c1-32-16-18(14-30-32)5-4-10-34-25(13-29)26(20-6-3-7-22(28)11-20)24-12-19(8-9-23(24)27(34)35)21-15-31-33(2)17-21/h3-9,11-12,14-17H,10H2,1-2H3. The second-order valence-corrected chi connectivity index (χ2v) is 8.27. The Labute approximate surface area is 200 Å². The maximum atomic E-state index is 14.2. The van der Waals surface area contributed by atoms with E-state index in [4.69, 9.17) is 0 Å². The Bertz CT molecular complexity index is 1700. The summed E-state index contributed by atoms with van der Waals surface area (Å²) < 4.78 is 19.0. The van der Waals surface area contributed by atoms with Crippen LogP contribution < -0.4 is 5.56 Å². The fourth-order valence-electron chi connectivity index (χ4n) is 4.24. The number of rotatable bonds is 5. The van der Waals surface area contributed by atoms with Crippen molar-refractivity contribution in [2.75, 3.05) is 0 Å². The second kappa shape index (κ2) is 8.88. The van der Waals surface area contributed by atoms with E-state index in [1.807, 2.05) is 50.8 Å². The van der Waals surface area contributed by atoms with Gasteiger partial charge in [-0.3, -0.25) is 18.7 Å². The summed E-state index contributed by atoms with van der Waals surface area (Å²) in [6, 6.07) is 13.8. The molecule has 0 N–H and O–H groups in total. The maximum Gasteiger partial charge on any atom is 0.259 e. The Morgan fingerprint density at radius 2 is 1.77 bits per heavy atom. The Hall–Kier alpha value is -4.77. The van der Waals surface area contributed by atoms with Gasteiger partial charge in [0.25, 0.3) is 5.56 Å². The predicted molar refractivity (Wildman–Crippen MR) is 133 cm³/mol. The third kappa shape index (κ3) is 4.15. The molecular formula is C27H21FN6O. The number of allylic oxidation sites excluding steroid dienone is 1.